The number of hydrogen-bond acceptors (Lipinski definition) is 3. The van der Waals surface area contributed by atoms with Crippen LogP contribution in [-0.2, 0) is 11.1 Å². The van der Waals surface area contributed by atoms with Gasteiger partial charge in [-0.2, -0.15) is 0 Å². The quantitative estimate of drug-likeness (QED) is 0.466. The van der Waals surface area contributed by atoms with Crippen LogP contribution < -0.4 is 5.32 Å². The summed E-state index contributed by atoms with van der Waals surface area (Å²) in [6, 6.07) is 0. The van der Waals surface area contributed by atoms with Crippen molar-refractivity contribution in [3.05, 3.63) is 0 Å². The molecule has 4 heteroatoms. The first kappa shape index (κ1) is 9.16. The summed E-state index contributed by atoms with van der Waals surface area (Å²) < 4.78 is 20.2. The lowest BCUT2D eigenvalue weighted by Gasteiger charge is -2.05. The second-order valence-electron chi connectivity index (χ2n) is 3.01. The van der Waals surface area contributed by atoms with Gasteiger partial charge in [0.1, 0.15) is 0 Å². The highest BCUT2D eigenvalue weighted by Gasteiger charge is 2.19. The fourth-order valence-electron chi connectivity index (χ4n) is 0.943. The van der Waals surface area contributed by atoms with Gasteiger partial charge in [0.2, 0.25) is 0 Å². The SMILES string of the molecule is O=S([O-])CCCNCC1CC1. The van der Waals surface area contributed by atoms with Gasteiger partial charge in [-0.3, -0.25) is 4.21 Å². The molecule has 3 nitrogen and oxygen atoms in total. The van der Waals surface area contributed by atoms with Gasteiger partial charge in [0, 0.05) is 5.75 Å². The molecule has 1 fully saturated rings. The molecule has 1 aliphatic carbocycles. The molecule has 0 aromatic heterocycles. The molecule has 1 saturated carbocycles. The summed E-state index contributed by atoms with van der Waals surface area (Å²) in [5.41, 5.74) is 0. The summed E-state index contributed by atoms with van der Waals surface area (Å²) in [5.74, 6) is 1.17. The van der Waals surface area contributed by atoms with E-state index in [0.29, 0.717) is 0 Å². The van der Waals surface area contributed by atoms with Crippen LogP contribution in [0.2, 0.25) is 0 Å². The van der Waals surface area contributed by atoms with Crippen molar-refractivity contribution in [2.45, 2.75) is 19.3 Å². The maximum absolute atomic E-state index is 10.1. The molecule has 0 amide bonds. The zero-order valence-electron chi connectivity index (χ0n) is 6.54. The Balaban J connectivity index is 1.76. The van der Waals surface area contributed by atoms with Gasteiger partial charge < -0.3 is 9.87 Å². The molecule has 0 aromatic carbocycles. The fourth-order valence-corrected chi connectivity index (χ4v) is 1.32. The third-order valence-corrected chi connectivity index (χ3v) is 2.42. The predicted molar refractivity (Wildman–Crippen MR) is 44.0 cm³/mol. The van der Waals surface area contributed by atoms with E-state index in [1.54, 1.807) is 0 Å². The molecule has 0 bridgehead atoms. The third kappa shape index (κ3) is 5.35. The van der Waals surface area contributed by atoms with Crippen molar-refractivity contribution in [3.63, 3.8) is 0 Å². The van der Waals surface area contributed by atoms with Gasteiger partial charge in [0.25, 0.3) is 0 Å². The lowest BCUT2D eigenvalue weighted by Crippen LogP contribution is -2.19. The van der Waals surface area contributed by atoms with Crippen LogP contribution in [0.1, 0.15) is 19.3 Å². The van der Waals surface area contributed by atoms with E-state index in [1.165, 1.54) is 12.8 Å². The first-order valence-corrected chi connectivity index (χ1v) is 5.30. The number of rotatable bonds is 6. The van der Waals surface area contributed by atoms with Gasteiger partial charge in [-0.05, 0) is 38.3 Å². The molecule has 1 atom stereocenters. The summed E-state index contributed by atoms with van der Waals surface area (Å²) in [7, 11) is 0. The normalized spacial score (nSPS) is 20.1. The molecular weight excluding hydrogens is 162 g/mol. The van der Waals surface area contributed by atoms with E-state index in [4.69, 9.17) is 0 Å². The summed E-state index contributed by atoms with van der Waals surface area (Å²) in [4.78, 5) is 0. The zero-order valence-corrected chi connectivity index (χ0v) is 7.36. The van der Waals surface area contributed by atoms with Crippen molar-refractivity contribution < 1.29 is 8.76 Å². The largest absolute Gasteiger partial charge is 0.772 e. The Labute approximate surface area is 69.9 Å². The molecule has 66 valence electrons. The van der Waals surface area contributed by atoms with Crippen LogP contribution in [0.5, 0.6) is 0 Å². The van der Waals surface area contributed by atoms with Crippen molar-refractivity contribution in [2.24, 2.45) is 5.92 Å². The van der Waals surface area contributed by atoms with Crippen molar-refractivity contribution in [3.8, 4) is 0 Å². The number of nitrogens with one attached hydrogen (secondary N) is 1. The molecule has 1 aliphatic rings. The predicted octanol–water partition coefficient (Wildman–Crippen LogP) is 0.255. The molecule has 1 rings (SSSR count). The molecule has 0 saturated heterocycles. The molecular formula is C7H14NO2S-. The smallest absolute Gasteiger partial charge is 0.0114 e. The zero-order chi connectivity index (χ0) is 8.10. The minimum absolute atomic E-state index is 0.289. The summed E-state index contributed by atoms with van der Waals surface area (Å²) >= 11 is -1.85. The molecule has 0 aromatic rings. The van der Waals surface area contributed by atoms with Gasteiger partial charge in [-0.15, -0.1) is 0 Å². The Morgan fingerprint density at radius 3 is 2.82 bits per heavy atom. The summed E-state index contributed by atoms with van der Waals surface area (Å²) in [5, 5.41) is 3.23. The molecule has 1 N–H and O–H groups in total. The highest BCUT2D eigenvalue weighted by atomic mass is 32.2. The molecule has 1 unspecified atom stereocenters. The highest BCUT2D eigenvalue weighted by molar-refractivity contribution is 7.79. The second kappa shape index (κ2) is 4.85. The first-order chi connectivity index (χ1) is 5.29. The van der Waals surface area contributed by atoms with Crippen LogP contribution in [0.4, 0.5) is 0 Å². The van der Waals surface area contributed by atoms with Gasteiger partial charge in [0.05, 0.1) is 0 Å². The van der Waals surface area contributed by atoms with Crippen LogP contribution in [0.3, 0.4) is 0 Å². The van der Waals surface area contributed by atoms with E-state index in [-0.39, 0.29) is 5.75 Å². The average molecular weight is 176 g/mol. The second-order valence-corrected chi connectivity index (χ2v) is 4.02. The van der Waals surface area contributed by atoms with Crippen LogP contribution in [0.25, 0.3) is 0 Å². The van der Waals surface area contributed by atoms with Crippen molar-refractivity contribution in [1.29, 1.82) is 0 Å². The summed E-state index contributed by atoms with van der Waals surface area (Å²) in [6.07, 6.45) is 3.43. The Kier molecular flexibility index (Phi) is 4.04. The van der Waals surface area contributed by atoms with Gasteiger partial charge in [-0.1, -0.05) is 11.1 Å². The molecule has 0 aliphatic heterocycles. The Morgan fingerprint density at radius 1 is 1.55 bits per heavy atom. The lowest BCUT2D eigenvalue weighted by molar-refractivity contribution is 0.532. The van der Waals surface area contributed by atoms with E-state index < -0.39 is 11.1 Å². The first-order valence-electron chi connectivity index (χ1n) is 4.05. The van der Waals surface area contributed by atoms with Gasteiger partial charge in [0.15, 0.2) is 0 Å². The maximum Gasteiger partial charge on any atom is 0.0114 e. The van der Waals surface area contributed by atoms with Crippen LogP contribution in [0, 0.1) is 5.92 Å². The van der Waals surface area contributed by atoms with Crippen LogP contribution >= 0.6 is 0 Å². The molecule has 0 spiro atoms. The van der Waals surface area contributed by atoms with E-state index in [9.17, 15) is 8.76 Å². The minimum atomic E-state index is -1.85. The maximum atomic E-state index is 10.1. The number of hydrogen-bond donors (Lipinski definition) is 1. The Bertz CT molecular complexity index is 136. The van der Waals surface area contributed by atoms with Gasteiger partial charge in [-0.25, -0.2) is 0 Å². The van der Waals surface area contributed by atoms with Crippen LogP contribution in [0.15, 0.2) is 0 Å². The topological polar surface area (TPSA) is 52.2 Å². The fraction of sp³-hybridized carbons (Fsp3) is 1.00. The molecule has 0 heterocycles. The monoisotopic (exact) mass is 176 g/mol. The van der Waals surface area contributed by atoms with E-state index >= 15 is 0 Å². The van der Waals surface area contributed by atoms with Crippen molar-refractivity contribution in [1.82, 2.24) is 5.32 Å². The van der Waals surface area contributed by atoms with E-state index in [0.717, 1.165) is 25.4 Å². The molecule has 11 heavy (non-hydrogen) atoms. The van der Waals surface area contributed by atoms with Gasteiger partial charge >= 0.3 is 0 Å². The highest BCUT2D eigenvalue weighted by Crippen LogP contribution is 2.27. The van der Waals surface area contributed by atoms with Crippen LogP contribution in [-0.4, -0.2) is 27.6 Å². The Morgan fingerprint density at radius 2 is 2.27 bits per heavy atom. The lowest BCUT2D eigenvalue weighted by atomic mass is 10.4. The Hall–Kier alpha value is 0.0700. The third-order valence-electron chi connectivity index (χ3n) is 1.79. The standard InChI is InChI=1S/C7H15NO2S/c9-11(10)5-1-4-8-6-7-2-3-7/h7-8H,1-6H2,(H,9,10)/p-1. The van der Waals surface area contributed by atoms with Crippen molar-refractivity contribution in [2.75, 3.05) is 18.8 Å². The summed E-state index contributed by atoms with van der Waals surface area (Å²) in [6.45, 7) is 1.91. The molecule has 0 radical (unpaired) electrons. The average Bonchev–Trinajstić information content (AvgIpc) is 2.70. The minimum Gasteiger partial charge on any atom is -0.772 e. The van der Waals surface area contributed by atoms with Crippen molar-refractivity contribution >= 4 is 11.1 Å². The van der Waals surface area contributed by atoms with E-state index in [1.807, 2.05) is 0 Å². The van der Waals surface area contributed by atoms with E-state index in [2.05, 4.69) is 5.32 Å².